The van der Waals surface area contributed by atoms with E-state index in [1.54, 1.807) is 0 Å². The summed E-state index contributed by atoms with van der Waals surface area (Å²) < 4.78 is 5.51. The van der Waals surface area contributed by atoms with Crippen LogP contribution in [-0.4, -0.2) is 5.16 Å². The molecule has 0 unspecified atom stereocenters. The van der Waals surface area contributed by atoms with Crippen molar-refractivity contribution in [2.24, 2.45) is 0 Å². The molecule has 4 heteroatoms. The summed E-state index contributed by atoms with van der Waals surface area (Å²) in [4.78, 5) is 0. The lowest BCUT2D eigenvalue weighted by molar-refractivity contribution is 0.323. The van der Waals surface area contributed by atoms with Gasteiger partial charge in [0.15, 0.2) is 5.82 Å². The minimum atomic E-state index is 0.448. The summed E-state index contributed by atoms with van der Waals surface area (Å²) in [6.45, 7) is 0. The van der Waals surface area contributed by atoms with Crippen molar-refractivity contribution < 1.29 is 4.52 Å². The zero-order valence-electron chi connectivity index (χ0n) is 10.7. The maximum atomic E-state index is 5.98. The molecule has 0 aliphatic heterocycles. The quantitative estimate of drug-likeness (QED) is 0.870. The Morgan fingerprint density at radius 3 is 2.47 bits per heavy atom. The van der Waals surface area contributed by atoms with E-state index in [0.29, 0.717) is 11.7 Å². The van der Waals surface area contributed by atoms with Gasteiger partial charge < -0.3 is 10.3 Å². The van der Waals surface area contributed by atoms with E-state index in [0.717, 1.165) is 34.8 Å². The normalized spacial score (nSPS) is 16.7. The van der Waals surface area contributed by atoms with Crippen molar-refractivity contribution >= 4 is 17.4 Å². The molecule has 1 aromatic carbocycles. The van der Waals surface area contributed by atoms with Gasteiger partial charge in [0.05, 0.1) is 5.56 Å². The topological polar surface area (TPSA) is 52.0 Å². The molecule has 0 spiro atoms. The van der Waals surface area contributed by atoms with Gasteiger partial charge in [0.2, 0.25) is 0 Å². The third kappa shape index (κ3) is 2.47. The predicted molar refractivity (Wildman–Crippen MR) is 77.2 cm³/mol. The van der Waals surface area contributed by atoms with E-state index in [2.05, 4.69) is 5.16 Å². The first kappa shape index (κ1) is 12.5. The first-order valence-corrected chi connectivity index (χ1v) is 7.14. The monoisotopic (exact) mass is 276 g/mol. The second kappa shape index (κ2) is 5.25. The Morgan fingerprint density at radius 1 is 1.11 bits per heavy atom. The van der Waals surface area contributed by atoms with Crippen LogP contribution in [-0.2, 0) is 0 Å². The van der Waals surface area contributed by atoms with Gasteiger partial charge in [-0.3, -0.25) is 0 Å². The summed E-state index contributed by atoms with van der Waals surface area (Å²) in [5.74, 6) is 1.87. The molecule has 19 heavy (non-hydrogen) atoms. The average molecular weight is 277 g/mol. The van der Waals surface area contributed by atoms with Crippen molar-refractivity contribution in [3.05, 3.63) is 35.0 Å². The van der Waals surface area contributed by atoms with Crippen LogP contribution in [0.2, 0.25) is 5.02 Å². The third-order valence-corrected chi connectivity index (χ3v) is 4.11. The SMILES string of the molecule is Nc1noc(C2CCCCC2)c1-c1ccc(Cl)cc1. The van der Waals surface area contributed by atoms with Crippen LogP contribution in [0, 0.1) is 0 Å². The number of nitrogens with two attached hydrogens (primary N) is 1. The van der Waals surface area contributed by atoms with Crippen LogP contribution in [0.5, 0.6) is 0 Å². The molecule has 1 saturated carbocycles. The zero-order valence-corrected chi connectivity index (χ0v) is 11.5. The third-order valence-electron chi connectivity index (χ3n) is 3.85. The zero-order chi connectivity index (χ0) is 13.2. The summed E-state index contributed by atoms with van der Waals surface area (Å²) in [6, 6.07) is 7.68. The second-order valence-corrected chi connectivity index (χ2v) is 5.59. The van der Waals surface area contributed by atoms with Crippen molar-refractivity contribution in [3.8, 4) is 11.1 Å². The highest BCUT2D eigenvalue weighted by molar-refractivity contribution is 6.30. The molecule has 3 rings (SSSR count). The van der Waals surface area contributed by atoms with Crippen LogP contribution in [0.4, 0.5) is 5.82 Å². The van der Waals surface area contributed by atoms with Gasteiger partial charge in [-0.15, -0.1) is 0 Å². The van der Waals surface area contributed by atoms with E-state index in [1.807, 2.05) is 24.3 Å². The van der Waals surface area contributed by atoms with E-state index in [1.165, 1.54) is 19.3 Å². The number of nitrogen functional groups attached to an aromatic ring is 1. The molecule has 1 fully saturated rings. The number of hydrogen-bond donors (Lipinski definition) is 1. The molecule has 0 radical (unpaired) electrons. The molecule has 0 bridgehead atoms. The van der Waals surface area contributed by atoms with Crippen molar-refractivity contribution in [2.75, 3.05) is 5.73 Å². The highest BCUT2D eigenvalue weighted by Gasteiger charge is 2.25. The number of hydrogen-bond acceptors (Lipinski definition) is 3. The summed E-state index contributed by atoms with van der Waals surface area (Å²) in [5.41, 5.74) is 7.96. The Bertz CT molecular complexity index is 556. The summed E-state index contributed by atoms with van der Waals surface area (Å²) in [6.07, 6.45) is 6.15. The van der Waals surface area contributed by atoms with Gasteiger partial charge in [-0.2, -0.15) is 0 Å². The first-order valence-electron chi connectivity index (χ1n) is 6.76. The molecule has 3 nitrogen and oxygen atoms in total. The lowest BCUT2D eigenvalue weighted by Crippen LogP contribution is -2.05. The smallest absolute Gasteiger partial charge is 0.175 e. The minimum Gasteiger partial charge on any atom is -0.380 e. The van der Waals surface area contributed by atoms with Crippen LogP contribution in [0.25, 0.3) is 11.1 Å². The van der Waals surface area contributed by atoms with Crippen LogP contribution < -0.4 is 5.73 Å². The van der Waals surface area contributed by atoms with E-state index >= 15 is 0 Å². The van der Waals surface area contributed by atoms with Gasteiger partial charge >= 0.3 is 0 Å². The van der Waals surface area contributed by atoms with Crippen LogP contribution in [0.1, 0.15) is 43.8 Å². The fourth-order valence-corrected chi connectivity index (χ4v) is 2.99. The fraction of sp³-hybridized carbons (Fsp3) is 0.400. The van der Waals surface area contributed by atoms with E-state index in [-0.39, 0.29) is 0 Å². The molecule has 1 aliphatic rings. The lowest BCUT2D eigenvalue weighted by Gasteiger charge is -2.20. The molecule has 1 aromatic heterocycles. The van der Waals surface area contributed by atoms with Gasteiger partial charge in [-0.25, -0.2) is 0 Å². The molecule has 0 atom stereocenters. The first-order chi connectivity index (χ1) is 9.25. The number of aromatic nitrogens is 1. The largest absolute Gasteiger partial charge is 0.380 e. The Hall–Kier alpha value is -1.48. The van der Waals surface area contributed by atoms with Gasteiger partial charge in [-0.1, -0.05) is 48.2 Å². The van der Waals surface area contributed by atoms with E-state index in [4.69, 9.17) is 21.9 Å². The summed E-state index contributed by atoms with van der Waals surface area (Å²) >= 11 is 5.93. The fourth-order valence-electron chi connectivity index (χ4n) is 2.87. The highest BCUT2D eigenvalue weighted by atomic mass is 35.5. The van der Waals surface area contributed by atoms with E-state index in [9.17, 15) is 0 Å². The molecule has 2 aromatic rings. The van der Waals surface area contributed by atoms with Gasteiger partial charge in [0.25, 0.3) is 0 Å². The highest BCUT2D eigenvalue weighted by Crippen LogP contribution is 2.40. The van der Waals surface area contributed by atoms with Crippen LogP contribution in [0.3, 0.4) is 0 Å². The molecular formula is C15H17ClN2O. The molecule has 1 aliphatic carbocycles. The van der Waals surface area contributed by atoms with E-state index < -0.39 is 0 Å². The standard InChI is InChI=1S/C15H17ClN2O/c16-12-8-6-10(7-9-12)13-14(19-18-15(13)17)11-4-2-1-3-5-11/h6-9,11H,1-5H2,(H2,17,18). The molecule has 0 saturated heterocycles. The van der Waals surface area contributed by atoms with Gasteiger partial charge in [0, 0.05) is 10.9 Å². The second-order valence-electron chi connectivity index (χ2n) is 5.15. The average Bonchev–Trinajstić information content (AvgIpc) is 2.83. The summed E-state index contributed by atoms with van der Waals surface area (Å²) in [5, 5.41) is 4.68. The Labute approximate surface area is 117 Å². The van der Waals surface area contributed by atoms with Crippen molar-refractivity contribution in [1.29, 1.82) is 0 Å². The van der Waals surface area contributed by atoms with Crippen molar-refractivity contribution in [3.63, 3.8) is 0 Å². The minimum absolute atomic E-state index is 0.448. The Morgan fingerprint density at radius 2 is 1.79 bits per heavy atom. The Balaban J connectivity index is 2.00. The van der Waals surface area contributed by atoms with Crippen molar-refractivity contribution in [2.45, 2.75) is 38.0 Å². The molecular weight excluding hydrogens is 260 g/mol. The number of anilines is 1. The molecule has 100 valence electrons. The van der Waals surface area contributed by atoms with Gasteiger partial charge in [0.1, 0.15) is 5.76 Å². The molecule has 1 heterocycles. The summed E-state index contributed by atoms with van der Waals surface area (Å²) in [7, 11) is 0. The van der Waals surface area contributed by atoms with Crippen LogP contribution >= 0.6 is 11.6 Å². The predicted octanol–water partition coefficient (Wildman–Crippen LogP) is 4.62. The number of nitrogens with zero attached hydrogens (tertiary/aromatic N) is 1. The number of benzene rings is 1. The Kier molecular flexibility index (Phi) is 3.47. The molecule has 2 N–H and O–H groups in total. The maximum Gasteiger partial charge on any atom is 0.175 e. The van der Waals surface area contributed by atoms with Crippen molar-refractivity contribution in [1.82, 2.24) is 5.16 Å². The van der Waals surface area contributed by atoms with Crippen LogP contribution in [0.15, 0.2) is 28.8 Å². The number of rotatable bonds is 2. The maximum absolute atomic E-state index is 5.98. The van der Waals surface area contributed by atoms with Gasteiger partial charge in [-0.05, 0) is 30.5 Å². The lowest BCUT2D eigenvalue weighted by atomic mass is 9.85. The number of halogens is 1. The molecule has 0 amide bonds.